The summed E-state index contributed by atoms with van der Waals surface area (Å²) in [6.45, 7) is 9.51. The quantitative estimate of drug-likeness (QED) is 0.561. The summed E-state index contributed by atoms with van der Waals surface area (Å²) in [5.41, 5.74) is 0.731. The molecule has 0 heteroatoms. The zero-order chi connectivity index (χ0) is 9.90. The van der Waals surface area contributed by atoms with Crippen LogP contribution < -0.4 is 0 Å². The van der Waals surface area contributed by atoms with E-state index in [-0.39, 0.29) is 0 Å². The molecule has 1 fully saturated rings. The molecular weight excluding hydrogens is 156 g/mol. The van der Waals surface area contributed by atoms with Crippen LogP contribution in [0.1, 0.15) is 66.2 Å². The van der Waals surface area contributed by atoms with E-state index in [1.165, 1.54) is 38.5 Å². The Hall–Kier alpha value is 0. The minimum atomic E-state index is 0.731. The molecule has 0 amide bonds. The summed E-state index contributed by atoms with van der Waals surface area (Å²) >= 11 is 0. The summed E-state index contributed by atoms with van der Waals surface area (Å²) in [5, 5.41) is 0. The molecule has 13 heavy (non-hydrogen) atoms. The van der Waals surface area contributed by atoms with Gasteiger partial charge in [0, 0.05) is 0 Å². The van der Waals surface area contributed by atoms with Crippen LogP contribution in [0.25, 0.3) is 0 Å². The predicted octanol–water partition coefficient (Wildman–Crippen LogP) is 4.64. The fourth-order valence-electron chi connectivity index (χ4n) is 2.74. The van der Waals surface area contributed by atoms with Crippen molar-refractivity contribution in [2.24, 2.45) is 17.3 Å². The SMILES string of the molecule is CCCCC(CC)C1CC1(C)CC. The molecule has 0 saturated heterocycles. The molecule has 1 saturated carbocycles. The van der Waals surface area contributed by atoms with Gasteiger partial charge in [-0.2, -0.15) is 0 Å². The van der Waals surface area contributed by atoms with Gasteiger partial charge >= 0.3 is 0 Å². The minimum Gasteiger partial charge on any atom is -0.0654 e. The van der Waals surface area contributed by atoms with E-state index in [2.05, 4.69) is 27.7 Å². The molecular formula is C13H26. The van der Waals surface area contributed by atoms with Crippen LogP contribution in [0.5, 0.6) is 0 Å². The third kappa shape index (κ3) is 2.48. The van der Waals surface area contributed by atoms with Gasteiger partial charge in [0.15, 0.2) is 0 Å². The number of hydrogen-bond acceptors (Lipinski definition) is 0. The van der Waals surface area contributed by atoms with E-state index in [0.717, 1.165) is 17.3 Å². The Kier molecular flexibility index (Phi) is 3.82. The van der Waals surface area contributed by atoms with Crippen molar-refractivity contribution in [2.75, 3.05) is 0 Å². The summed E-state index contributed by atoms with van der Waals surface area (Å²) in [4.78, 5) is 0. The summed E-state index contributed by atoms with van der Waals surface area (Å²) in [6, 6.07) is 0. The van der Waals surface area contributed by atoms with Crippen LogP contribution in [0.3, 0.4) is 0 Å². The molecule has 3 unspecified atom stereocenters. The molecule has 0 heterocycles. The Morgan fingerprint density at radius 2 is 2.00 bits per heavy atom. The largest absolute Gasteiger partial charge is 0.0654 e. The van der Waals surface area contributed by atoms with Crippen molar-refractivity contribution in [3.63, 3.8) is 0 Å². The van der Waals surface area contributed by atoms with E-state index in [4.69, 9.17) is 0 Å². The molecule has 0 radical (unpaired) electrons. The third-order valence-electron chi connectivity index (χ3n) is 4.25. The monoisotopic (exact) mass is 182 g/mol. The van der Waals surface area contributed by atoms with E-state index < -0.39 is 0 Å². The van der Waals surface area contributed by atoms with Crippen molar-refractivity contribution in [3.05, 3.63) is 0 Å². The fourth-order valence-corrected chi connectivity index (χ4v) is 2.74. The first kappa shape index (κ1) is 11.1. The van der Waals surface area contributed by atoms with Gasteiger partial charge in [0.2, 0.25) is 0 Å². The normalized spacial score (nSPS) is 34.6. The minimum absolute atomic E-state index is 0.731. The second-order valence-electron chi connectivity index (χ2n) is 5.13. The van der Waals surface area contributed by atoms with Gasteiger partial charge in [-0.1, -0.05) is 59.8 Å². The molecule has 1 aliphatic carbocycles. The van der Waals surface area contributed by atoms with Gasteiger partial charge in [-0.3, -0.25) is 0 Å². The van der Waals surface area contributed by atoms with Crippen LogP contribution in [-0.4, -0.2) is 0 Å². The summed E-state index contributed by atoms with van der Waals surface area (Å²) < 4.78 is 0. The molecule has 0 aromatic heterocycles. The topological polar surface area (TPSA) is 0 Å². The first-order chi connectivity index (χ1) is 6.18. The predicted molar refractivity (Wildman–Crippen MR) is 59.8 cm³/mol. The highest BCUT2D eigenvalue weighted by atomic mass is 14.6. The van der Waals surface area contributed by atoms with Crippen LogP contribution in [0.2, 0.25) is 0 Å². The molecule has 0 nitrogen and oxygen atoms in total. The molecule has 1 rings (SSSR count). The van der Waals surface area contributed by atoms with Crippen LogP contribution in [0.15, 0.2) is 0 Å². The molecule has 0 spiro atoms. The van der Waals surface area contributed by atoms with Gasteiger partial charge in [-0.15, -0.1) is 0 Å². The molecule has 0 aliphatic heterocycles. The maximum Gasteiger partial charge on any atom is -0.0294 e. The third-order valence-corrected chi connectivity index (χ3v) is 4.25. The van der Waals surface area contributed by atoms with E-state index in [1.54, 1.807) is 0 Å². The number of rotatable bonds is 6. The maximum atomic E-state index is 2.48. The average Bonchev–Trinajstić information content (AvgIpc) is 2.81. The molecule has 0 aromatic rings. The Bertz CT molecular complexity index is 150. The van der Waals surface area contributed by atoms with E-state index in [1.807, 2.05) is 0 Å². The highest BCUT2D eigenvalue weighted by Crippen LogP contribution is 2.59. The number of hydrogen-bond donors (Lipinski definition) is 0. The highest BCUT2D eigenvalue weighted by molar-refractivity contribution is 5.00. The first-order valence-corrected chi connectivity index (χ1v) is 6.18. The lowest BCUT2D eigenvalue weighted by Crippen LogP contribution is -2.07. The van der Waals surface area contributed by atoms with Crippen LogP contribution in [0, 0.1) is 17.3 Å². The van der Waals surface area contributed by atoms with E-state index >= 15 is 0 Å². The average molecular weight is 182 g/mol. The van der Waals surface area contributed by atoms with Crippen molar-refractivity contribution in [3.8, 4) is 0 Å². The van der Waals surface area contributed by atoms with Gasteiger partial charge in [0.05, 0.1) is 0 Å². The Labute approximate surface area is 84.1 Å². The molecule has 1 aliphatic rings. The summed E-state index contributed by atoms with van der Waals surface area (Å²) in [6.07, 6.45) is 8.58. The van der Waals surface area contributed by atoms with Gasteiger partial charge in [-0.05, 0) is 23.7 Å². The summed E-state index contributed by atoms with van der Waals surface area (Å²) in [5.74, 6) is 2.10. The molecule has 0 N–H and O–H groups in total. The first-order valence-electron chi connectivity index (χ1n) is 6.18. The molecule has 78 valence electrons. The van der Waals surface area contributed by atoms with Crippen molar-refractivity contribution in [1.29, 1.82) is 0 Å². The Morgan fingerprint density at radius 3 is 2.38 bits per heavy atom. The Balaban J connectivity index is 2.33. The second-order valence-corrected chi connectivity index (χ2v) is 5.13. The summed E-state index contributed by atoms with van der Waals surface area (Å²) in [7, 11) is 0. The van der Waals surface area contributed by atoms with Gasteiger partial charge in [0.25, 0.3) is 0 Å². The van der Waals surface area contributed by atoms with E-state index in [9.17, 15) is 0 Å². The number of unbranched alkanes of at least 4 members (excludes halogenated alkanes) is 1. The Morgan fingerprint density at radius 1 is 1.31 bits per heavy atom. The smallest absolute Gasteiger partial charge is 0.0294 e. The van der Waals surface area contributed by atoms with Gasteiger partial charge in [0.1, 0.15) is 0 Å². The van der Waals surface area contributed by atoms with Crippen LogP contribution in [-0.2, 0) is 0 Å². The van der Waals surface area contributed by atoms with Crippen molar-refractivity contribution in [2.45, 2.75) is 66.2 Å². The van der Waals surface area contributed by atoms with Crippen LogP contribution in [0.4, 0.5) is 0 Å². The van der Waals surface area contributed by atoms with Gasteiger partial charge < -0.3 is 0 Å². The van der Waals surface area contributed by atoms with Crippen molar-refractivity contribution in [1.82, 2.24) is 0 Å². The zero-order valence-electron chi connectivity index (χ0n) is 9.90. The van der Waals surface area contributed by atoms with Gasteiger partial charge in [-0.25, -0.2) is 0 Å². The van der Waals surface area contributed by atoms with Crippen LogP contribution >= 0.6 is 0 Å². The molecule has 3 atom stereocenters. The lowest BCUT2D eigenvalue weighted by Gasteiger charge is -2.17. The molecule has 0 bridgehead atoms. The standard InChI is InChI=1S/C13H26/c1-5-8-9-11(6-2)12-10-13(12,4)7-3/h11-12H,5-10H2,1-4H3. The lowest BCUT2D eigenvalue weighted by atomic mass is 9.88. The maximum absolute atomic E-state index is 2.48. The lowest BCUT2D eigenvalue weighted by molar-refractivity contribution is 0.333. The highest BCUT2D eigenvalue weighted by Gasteiger charge is 2.50. The molecule has 0 aromatic carbocycles. The fraction of sp³-hybridized carbons (Fsp3) is 1.00. The van der Waals surface area contributed by atoms with Crippen molar-refractivity contribution < 1.29 is 0 Å². The second kappa shape index (κ2) is 4.48. The van der Waals surface area contributed by atoms with E-state index in [0.29, 0.717) is 0 Å². The zero-order valence-corrected chi connectivity index (χ0v) is 9.90. The van der Waals surface area contributed by atoms with Crippen molar-refractivity contribution >= 4 is 0 Å².